The molecule has 1 heterocycles. The summed E-state index contributed by atoms with van der Waals surface area (Å²) >= 11 is 0. The molecule has 0 unspecified atom stereocenters. The summed E-state index contributed by atoms with van der Waals surface area (Å²) in [6.07, 6.45) is 0. The fraction of sp³-hybridized carbons (Fsp3) is 0.235. The summed E-state index contributed by atoms with van der Waals surface area (Å²) in [5.41, 5.74) is 1.60. The van der Waals surface area contributed by atoms with Gasteiger partial charge in [0, 0.05) is 0 Å². The molecule has 1 aliphatic heterocycles. The molecule has 1 aliphatic rings. The third-order valence-electron chi connectivity index (χ3n) is 3.51. The van der Waals surface area contributed by atoms with Crippen LogP contribution in [0, 0.1) is 0 Å². The first-order valence-corrected chi connectivity index (χ1v) is 8.44. The Kier molecular flexibility index (Phi) is 3.33. The third-order valence-corrected chi connectivity index (χ3v) is 4.83. The highest BCUT2D eigenvalue weighted by Gasteiger charge is 2.30. The van der Waals surface area contributed by atoms with Gasteiger partial charge in [-0.1, -0.05) is 45.0 Å². The second kappa shape index (κ2) is 4.95. The smallest absolute Gasteiger partial charge is 0.286 e. The highest BCUT2D eigenvalue weighted by molar-refractivity contribution is 7.90. The van der Waals surface area contributed by atoms with Gasteiger partial charge in [0.15, 0.2) is 0 Å². The maximum absolute atomic E-state index is 12.0. The monoisotopic (exact) mass is 315 g/mol. The molecule has 4 nitrogen and oxygen atoms in total. The van der Waals surface area contributed by atoms with Crippen molar-refractivity contribution in [2.75, 3.05) is 0 Å². The molecule has 3 rings (SSSR count). The number of benzene rings is 2. The van der Waals surface area contributed by atoms with Gasteiger partial charge < -0.3 is 4.74 Å². The van der Waals surface area contributed by atoms with Crippen LogP contribution in [0.25, 0.3) is 0 Å². The number of hydrogen-bond donors (Lipinski definition) is 0. The van der Waals surface area contributed by atoms with Gasteiger partial charge in [-0.15, -0.1) is 4.40 Å². The molecule has 2 aromatic carbocycles. The summed E-state index contributed by atoms with van der Waals surface area (Å²) in [5, 5.41) is 0. The molecule has 0 aliphatic carbocycles. The van der Waals surface area contributed by atoms with Crippen molar-refractivity contribution in [2.24, 2.45) is 4.40 Å². The van der Waals surface area contributed by atoms with Gasteiger partial charge in [0.1, 0.15) is 10.6 Å². The summed E-state index contributed by atoms with van der Waals surface area (Å²) in [6.45, 7) is 6.33. The molecule has 22 heavy (non-hydrogen) atoms. The molecule has 0 bridgehead atoms. The molecule has 0 saturated heterocycles. The molecule has 0 fully saturated rings. The van der Waals surface area contributed by atoms with Gasteiger partial charge in [-0.3, -0.25) is 0 Å². The summed E-state index contributed by atoms with van der Waals surface area (Å²) in [6, 6.07) is 14.3. The van der Waals surface area contributed by atoms with Crippen molar-refractivity contribution in [1.82, 2.24) is 0 Å². The van der Waals surface area contributed by atoms with E-state index < -0.39 is 10.0 Å². The molecule has 114 valence electrons. The number of hydrogen-bond acceptors (Lipinski definition) is 3. The van der Waals surface area contributed by atoms with Gasteiger partial charge in [-0.2, -0.15) is 8.42 Å². The Morgan fingerprint density at radius 1 is 1.00 bits per heavy atom. The number of nitrogens with zero attached hydrogens (tertiary/aromatic N) is 1. The Balaban J connectivity index is 1.99. The van der Waals surface area contributed by atoms with Crippen LogP contribution in [0.2, 0.25) is 0 Å². The standard InChI is InChI=1S/C17H17NO3S/c1-17(2,3)12-7-6-8-13(11-12)21-16-14-9-4-5-10-15(14)22(19,20)18-16/h4-11H,1-3H3. The molecule has 0 aromatic heterocycles. The van der Waals surface area contributed by atoms with Crippen molar-refractivity contribution in [1.29, 1.82) is 0 Å². The van der Waals surface area contributed by atoms with E-state index in [1.165, 1.54) is 6.07 Å². The maximum atomic E-state index is 12.0. The van der Waals surface area contributed by atoms with E-state index in [0.717, 1.165) is 5.56 Å². The molecular weight excluding hydrogens is 298 g/mol. The van der Waals surface area contributed by atoms with Crippen molar-refractivity contribution in [2.45, 2.75) is 31.1 Å². The minimum Gasteiger partial charge on any atom is -0.438 e. The Morgan fingerprint density at radius 2 is 1.73 bits per heavy atom. The fourth-order valence-electron chi connectivity index (χ4n) is 2.29. The molecule has 0 amide bonds. The second-order valence-electron chi connectivity index (χ2n) is 6.25. The van der Waals surface area contributed by atoms with Crippen LogP contribution in [0.1, 0.15) is 31.9 Å². The van der Waals surface area contributed by atoms with Crippen molar-refractivity contribution < 1.29 is 13.2 Å². The Hall–Kier alpha value is -2.14. The quantitative estimate of drug-likeness (QED) is 0.809. The lowest BCUT2D eigenvalue weighted by atomic mass is 9.87. The molecule has 0 N–H and O–H groups in total. The molecular formula is C17H17NO3S. The summed E-state index contributed by atoms with van der Waals surface area (Å²) in [7, 11) is -3.65. The molecule has 2 aromatic rings. The van der Waals surface area contributed by atoms with Crippen LogP contribution in [0.4, 0.5) is 0 Å². The van der Waals surface area contributed by atoms with Gasteiger partial charge in [0.05, 0.1) is 5.56 Å². The number of rotatable bonds is 1. The SMILES string of the molecule is CC(C)(C)c1cccc(OC2=NS(=O)(=O)c3ccccc32)c1. The first-order valence-electron chi connectivity index (χ1n) is 7.00. The highest BCUT2D eigenvalue weighted by atomic mass is 32.2. The van der Waals surface area contributed by atoms with Crippen molar-refractivity contribution in [3.63, 3.8) is 0 Å². The Labute approximate surface area is 130 Å². The van der Waals surface area contributed by atoms with Crippen LogP contribution in [0.3, 0.4) is 0 Å². The third kappa shape index (κ3) is 2.64. The average molecular weight is 315 g/mol. The van der Waals surface area contributed by atoms with E-state index in [-0.39, 0.29) is 16.2 Å². The zero-order valence-electron chi connectivity index (χ0n) is 12.7. The summed E-state index contributed by atoms with van der Waals surface area (Å²) in [5.74, 6) is 0.708. The predicted molar refractivity (Wildman–Crippen MR) is 85.9 cm³/mol. The summed E-state index contributed by atoms with van der Waals surface area (Å²) in [4.78, 5) is 0.192. The average Bonchev–Trinajstić information content (AvgIpc) is 2.70. The molecule has 5 heteroatoms. The maximum Gasteiger partial charge on any atom is 0.286 e. The minimum atomic E-state index is -3.65. The van der Waals surface area contributed by atoms with E-state index in [0.29, 0.717) is 11.3 Å². The minimum absolute atomic E-state index is 0.0131. The van der Waals surface area contributed by atoms with Crippen molar-refractivity contribution in [3.05, 3.63) is 59.7 Å². The first-order chi connectivity index (χ1) is 10.3. The van der Waals surface area contributed by atoms with Crippen molar-refractivity contribution >= 4 is 15.9 Å². The lowest BCUT2D eigenvalue weighted by molar-refractivity contribution is 0.542. The normalized spacial score (nSPS) is 16.0. The van der Waals surface area contributed by atoms with Gasteiger partial charge in [-0.25, -0.2) is 0 Å². The van der Waals surface area contributed by atoms with E-state index in [1.807, 2.05) is 18.2 Å². The fourth-order valence-corrected chi connectivity index (χ4v) is 3.42. The van der Waals surface area contributed by atoms with Crippen LogP contribution in [0.5, 0.6) is 5.75 Å². The zero-order valence-corrected chi connectivity index (χ0v) is 13.5. The molecule has 0 saturated carbocycles. The van der Waals surface area contributed by atoms with Gasteiger partial charge in [-0.05, 0) is 35.2 Å². The van der Waals surface area contributed by atoms with Crippen LogP contribution in [-0.2, 0) is 15.4 Å². The van der Waals surface area contributed by atoms with E-state index in [2.05, 4.69) is 25.2 Å². The summed E-state index contributed by atoms with van der Waals surface area (Å²) < 4.78 is 33.5. The predicted octanol–water partition coefficient (Wildman–Crippen LogP) is 3.51. The Morgan fingerprint density at radius 3 is 2.45 bits per heavy atom. The van der Waals surface area contributed by atoms with Crippen LogP contribution >= 0.6 is 0 Å². The van der Waals surface area contributed by atoms with Gasteiger partial charge in [0.25, 0.3) is 10.0 Å². The van der Waals surface area contributed by atoms with Crippen LogP contribution in [0.15, 0.2) is 57.8 Å². The Bertz CT molecular complexity index is 861. The largest absolute Gasteiger partial charge is 0.438 e. The van der Waals surface area contributed by atoms with E-state index in [4.69, 9.17) is 4.74 Å². The lowest BCUT2D eigenvalue weighted by Gasteiger charge is -2.19. The molecule has 0 spiro atoms. The number of fused-ring (bicyclic) bond motifs is 1. The first kappa shape index (κ1) is 14.8. The van der Waals surface area contributed by atoms with E-state index >= 15 is 0 Å². The molecule has 0 radical (unpaired) electrons. The van der Waals surface area contributed by atoms with Gasteiger partial charge in [0.2, 0.25) is 5.90 Å². The van der Waals surface area contributed by atoms with Crippen LogP contribution in [-0.4, -0.2) is 14.3 Å². The topological polar surface area (TPSA) is 55.7 Å². The van der Waals surface area contributed by atoms with Crippen molar-refractivity contribution in [3.8, 4) is 5.75 Å². The lowest BCUT2D eigenvalue weighted by Crippen LogP contribution is -2.12. The van der Waals surface area contributed by atoms with Gasteiger partial charge >= 0.3 is 0 Å². The van der Waals surface area contributed by atoms with E-state index in [9.17, 15) is 8.42 Å². The highest BCUT2D eigenvalue weighted by Crippen LogP contribution is 2.29. The van der Waals surface area contributed by atoms with E-state index in [1.54, 1.807) is 24.3 Å². The number of ether oxygens (including phenoxy) is 1. The zero-order chi connectivity index (χ0) is 16.0. The number of sulfonamides is 1. The van der Waals surface area contributed by atoms with Crippen LogP contribution < -0.4 is 4.74 Å². The molecule has 0 atom stereocenters. The second-order valence-corrected chi connectivity index (χ2v) is 7.82.